The highest BCUT2D eigenvalue weighted by atomic mass is 79.9. The van der Waals surface area contributed by atoms with E-state index in [1.807, 2.05) is 0 Å². The van der Waals surface area contributed by atoms with Gasteiger partial charge in [-0.25, -0.2) is 0 Å². The average molecular weight is 496 g/mol. The Morgan fingerprint density at radius 1 is 0.552 bits per heavy atom. The zero-order valence-corrected chi connectivity index (χ0v) is 23.0. The summed E-state index contributed by atoms with van der Waals surface area (Å²) >= 11 is 3.84. The van der Waals surface area contributed by atoms with E-state index >= 15 is 0 Å². The van der Waals surface area contributed by atoms with Gasteiger partial charge in [0.2, 0.25) is 0 Å². The minimum Gasteiger partial charge on any atom is -0.365 e. The molecule has 0 rings (SSSR count). The summed E-state index contributed by atoms with van der Waals surface area (Å²) in [7, 11) is -2.79. The van der Waals surface area contributed by atoms with Crippen LogP contribution in [0.5, 0.6) is 0 Å². The summed E-state index contributed by atoms with van der Waals surface area (Å²) in [6.45, 7) is 15.8. The second-order valence-corrected chi connectivity index (χ2v) is 13.4. The highest BCUT2D eigenvalue weighted by molar-refractivity contribution is 9.25. The molecule has 0 aromatic carbocycles. The van der Waals surface area contributed by atoms with Crippen molar-refractivity contribution in [2.24, 2.45) is 17.8 Å². The highest BCUT2D eigenvalue weighted by Crippen LogP contribution is 2.26. The lowest BCUT2D eigenvalue weighted by atomic mass is 10.0. The molecule has 0 bridgehead atoms. The topological polar surface area (TPSA) is 27.7 Å². The van der Waals surface area contributed by atoms with Crippen LogP contribution in [0.25, 0.3) is 0 Å². The van der Waals surface area contributed by atoms with Gasteiger partial charge in [0.25, 0.3) is 0 Å². The lowest BCUT2D eigenvalue weighted by Crippen LogP contribution is -2.43. The van der Waals surface area contributed by atoms with Crippen molar-refractivity contribution >= 4 is 22.7 Å². The van der Waals surface area contributed by atoms with Gasteiger partial charge in [0.15, 0.2) is 0 Å². The lowest BCUT2D eigenvalue weighted by Gasteiger charge is -2.29. The van der Waals surface area contributed by atoms with Crippen molar-refractivity contribution in [3.8, 4) is 0 Å². The van der Waals surface area contributed by atoms with Crippen molar-refractivity contribution in [1.29, 1.82) is 0 Å². The molecule has 0 heterocycles. The van der Waals surface area contributed by atoms with E-state index in [0.717, 1.165) is 39.1 Å². The van der Waals surface area contributed by atoms with Gasteiger partial charge in [-0.1, -0.05) is 99.3 Å². The number of halogens is 1. The van der Waals surface area contributed by atoms with Crippen LogP contribution in [0.2, 0.25) is 0 Å². The van der Waals surface area contributed by atoms with Crippen LogP contribution in [-0.4, -0.2) is 27.2 Å². The molecule has 176 valence electrons. The third-order valence-electron chi connectivity index (χ3n) is 6.10. The molecule has 0 aliphatic carbocycles. The van der Waals surface area contributed by atoms with Crippen molar-refractivity contribution in [2.45, 2.75) is 119 Å². The van der Waals surface area contributed by atoms with E-state index in [2.05, 4.69) is 56.8 Å². The molecule has 3 nitrogen and oxygen atoms in total. The largest absolute Gasteiger partial charge is 0.580 e. The van der Waals surface area contributed by atoms with E-state index in [1.54, 1.807) is 0 Å². The third-order valence-corrected chi connectivity index (χ3v) is 9.70. The maximum atomic E-state index is 6.39. The Kier molecular flexibility index (Phi) is 19.7. The maximum Gasteiger partial charge on any atom is 0.580 e. The van der Waals surface area contributed by atoms with Crippen LogP contribution in [0.3, 0.4) is 0 Å². The fraction of sp³-hybridized carbons (Fsp3) is 1.00. The van der Waals surface area contributed by atoms with Gasteiger partial charge in [-0.2, -0.15) is 0 Å². The molecule has 0 N–H and O–H groups in total. The summed E-state index contributed by atoms with van der Waals surface area (Å²) in [6.07, 6.45) is 14.7. The van der Waals surface area contributed by atoms with Gasteiger partial charge in [-0.05, 0) is 52.3 Å². The molecule has 0 fully saturated rings. The van der Waals surface area contributed by atoms with Crippen molar-refractivity contribution in [2.75, 3.05) is 19.8 Å². The molecule has 0 spiro atoms. The molecule has 0 aliphatic rings. The second kappa shape index (κ2) is 19.3. The van der Waals surface area contributed by atoms with Crippen LogP contribution in [-0.2, 0) is 13.3 Å². The zero-order valence-electron chi connectivity index (χ0n) is 20.4. The average Bonchev–Trinajstić information content (AvgIpc) is 2.74. The van der Waals surface area contributed by atoms with Crippen LogP contribution in [0, 0.1) is 17.8 Å². The molecule has 0 aromatic heterocycles. The van der Waals surface area contributed by atoms with E-state index in [1.165, 1.54) is 57.8 Å². The quantitative estimate of drug-likeness (QED) is 0.118. The van der Waals surface area contributed by atoms with Crippen LogP contribution < -0.4 is 0 Å². The first kappa shape index (κ1) is 29.6. The molecule has 0 radical (unpaired) electrons. The van der Waals surface area contributed by atoms with E-state index in [9.17, 15) is 0 Å². The zero-order chi connectivity index (χ0) is 22.0. The van der Waals surface area contributed by atoms with Gasteiger partial charge in [0.1, 0.15) is 0 Å². The minimum absolute atomic E-state index is 0.593. The maximum absolute atomic E-state index is 6.39. The van der Waals surface area contributed by atoms with E-state index in [-0.39, 0.29) is 0 Å². The number of rotatable bonds is 21. The number of unbranched alkanes of at least 4 members (excludes halogenated alkanes) is 3. The fourth-order valence-electron chi connectivity index (χ4n) is 3.47. The second-order valence-electron chi connectivity index (χ2n) is 8.66. The third kappa shape index (κ3) is 15.1. The molecule has 29 heavy (non-hydrogen) atoms. The van der Waals surface area contributed by atoms with Gasteiger partial charge >= 0.3 is 7.42 Å². The van der Waals surface area contributed by atoms with Gasteiger partial charge in [-0.3, -0.25) is 0 Å². The summed E-state index contributed by atoms with van der Waals surface area (Å²) < 4.78 is 19.2. The first-order chi connectivity index (χ1) is 14.0. The Hall–Kier alpha value is 0.577. The molecular formula is C24H51BrO3Si. The Bertz CT molecular complexity index is 307. The molecule has 0 saturated heterocycles. The Morgan fingerprint density at radius 2 is 0.828 bits per heavy atom. The van der Waals surface area contributed by atoms with Crippen molar-refractivity contribution < 1.29 is 13.3 Å². The van der Waals surface area contributed by atoms with Gasteiger partial charge in [0.05, 0.1) is 0 Å². The van der Waals surface area contributed by atoms with Crippen LogP contribution in [0.4, 0.5) is 0 Å². The van der Waals surface area contributed by atoms with Crippen LogP contribution >= 0.6 is 15.3 Å². The molecule has 3 atom stereocenters. The summed E-state index contributed by atoms with van der Waals surface area (Å²) in [6, 6.07) is 0. The predicted molar refractivity (Wildman–Crippen MR) is 132 cm³/mol. The Morgan fingerprint density at radius 3 is 1.03 bits per heavy atom. The smallest absolute Gasteiger partial charge is 0.365 e. The van der Waals surface area contributed by atoms with E-state index < -0.39 is 7.42 Å². The van der Waals surface area contributed by atoms with Gasteiger partial charge in [-0.15, -0.1) is 0 Å². The Balaban J connectivity index is 4.88. The fourth-order valence-corrected chi connectivity index (χ4v) is 6.22. The van der Waals surface area contributed by atoms with Gasteiger partial charge in [0, 0.05) is 19.8 Å². The molecule has 0 amide bonds. The van der Waals surface area contributed by atoms with Crippen LogP contribution in [0.1, 0.15) is 119 Å². The SMILES string of the molecule is CCCCC(CC)CO[Si](Br)(OCC(CC)CCCC)OCC(CC)CCCC. The Labute approximate surface area is 192 Å². The predicted octanol–water partition coefficient (Wildman–Crippen LogP) is 8.52. The highest BCUT2D eigenvalue weighted by Gasteiger charge is 2.40. The molecule has 0 aliphatic heterocycles. The normalized spacial score (nSPS) is 17.1. The van der Waals surface area contributed by atoms with E-state index in [0.29, 0.717) is 17.8 Å². The molecule has 0 saturated carbocycles. The summed E-state index contributed by atoms with van der Waals surface area (Å²) in [5.41, 5.74) is 0. The number of hydrogen-bond acceptors (Lipinski definition) is 3. The first-order valence-corrected chi connectivity index (χ1v) is 16.6. The van der Waals surface area contributed by atoms with Crippen molar-refractivity contribution in [3.05, 3.63) is 0 Å². The van der Waals surface area contributed by atoms with Crippen molar-refractivity contribution in [1.82, 2.24) is 0 Å². The molecular weight excluding hydrogens is 444 g/mol. The summed E-state index contributed by atoms with van der Waals surface area (Å²) in [5, 5.41) is 0. The summed E-state index contributed by atoms with van der Waals surface area (Å²) in [4.78, 5) is 0. The molecule has 3 unspecified atom stereocenters. The molecule has 0 aromatic rings. The lowest BCUT2D eigenvalue weighted by molar-refractivity contribution is 0.0467. The van der Waals surface area contributed by atoms with Gasteiger partial charge < -0.3 is 13.3 Å². The number of hydrogen-bond donors (Lipinski definition) is 0. The van der Waals surface area contributed by atoms with E-state index in [4.69, 9.17) is 13.3 Å². The molecule has 5 heteroatoms. The standard InChI is InChI=1S/C24H51BrO3Si/c1-7-13-16-22(10-4)19-26-29(25,27-20-23(11-5)17-14-8-2)28-21-24(12-6)18-15-9-3/h22-24H,7-21H2,1-6H3. The summed E-state index contributed by atoms with van der Waals surface area (Å²) in [5.74, 6) is 1.78. The van der Waals surface area contributed by atoms with Crippen LogP contribution in [0.15, 0.2) is 0 Å². The first-order valence-electron chi connectivity index (χ1n) is 12.6. The van der Waals surface area contributed by atoms with Crippen molar-refractivity contribution in [3.63, 3.8) is 0 Å². The minimum atomic E-state index is -2.79. The monoisotopic (exact) mass is 494 g/mol.